The van der Waals surface area contributed by atoms with Crippen LogP contribution >= 0.6 is 0 Å². The Bertz CT molecular complexity index is 516. The highest BCUT2D eigenvalue weighted by atomic mass is 16.2. The molecular weight excluding hydrogens is 238 g/mol. The van der Waals surface area contributed by atoms with E-state index in [2.05, 4.69) is 34.2 Å². The number of piperazine rings is 1. The van der Waals surface area contributed by atoms with Gasteiger partial charge in [-0.15, -0.1) is 0 Å². The third-order valence-corrected chi connectivity index (χ3v) is 3.27. The number of nitrogens with one attached hydrogen (secondary N) is 1. The molecule has 2 rings (SSSR count). The molecule has 0 saturated carbocycles. The summed E-state index contributed by atoms with van der Waals surface area (Å²) in [4.78, 5) is 13.8. The fraction of sp³-hybridized carbons (Fsp3) is 0.400. The molecular formula is C15H19N3O. The number of carbonyl (C=O) groups excluding carboxylic acids is 1. The van der Waals surface area contributed by atoms with Gasteiger partial charge in [-0.05, 0) is 24.6 Å². The van der Waals surface area contributed by atoms with Crippen molar-refractivity contribution in [1.82, 2.24) is 10.2 Å². The minimum absolute atomic E-state index is 0.0764. The van der Waals surface area contributed by atoms with E-state index in [-0.39, 0.29) is 11.9 Å². The van der Waals surface area contributed by atoms with Gasteiger partial charge in [0.15, 0.2) is 0 Å². The Kier molecular flexibility index (Phi) is 4.56. The Morgan fingerprint density at radius 2 is 2.37 bits per heavy atom. The molecule has 3 N–H and O–H groups in total. The van der Waals surface area contributed by atoms with Gasteiger partial charge >= 0.3 is 0 Å². The summed E-state index contributed by atoms with van der Waals surface area (Å²) in [6.45, 7) is 4.67. The zero-order valence-electron chi connectivity index (χ0n) is 11.1. The van der Waals surface area contributed by atoms with Crippen LogP contribution in [0.5, 0.6) is 0 Å². The molecule has 1 heterocycles. The average Bonchev–Trinajstić information content (AvgIpc) is 2.42. The van der Waals surface area contributed by atoms with E-state index in [1.165, 1.54) is 5.56 Å². The largest absolute Gasteiger partial charge is 0.353 e. The quantitative estimate of drug-likeness (QED) is 0.750. The van der Waals surface area contributed by atoms with E-state index in [1.54, 1.807) is 0 Å². The summed E-state index contributed by atoms with van der Waals surface area (Å²) in [6.07, 6.45) is 0. The molecule has 1 saturated heterocycles. The lowest BCUT2D eigenvalue weighted by Gasteiger charge is -2.32. The number of nitrogens with zero attached hydrogens (tertiary/aromatic N) is 1. The summed E-state index contributed by atoms with van der Waals surface area (Å²) in [5, 5.41) is 2.87. The lowest BCUT2D eigenvalue weighted by Crippen LogP contribution is -2.53. The van der Waals surface area contributed by atoms with Crippen LogP contribution in [0.2, 0.25) is 0 Å². The molecule has 0 spiro atoms. The van der Waals surface area contributed by atoms with E-state index in [0.29, 0.717) is 6.54 Å². The number of benzene rings is 1. The summed E-state index contributed by atoms with van der Waals surface area (Å²) >= 11 is 0. The van der Waals surface area contributed by atoms with Gasteiger partial charge in [-0.1, -0.05) is 24.0 Å². The third kappa shape index (κ3) is 3.57. The highest BCUT2D eigenvalue weighted by Crippen LogP contribution is 2.12. The first-order chi connectivity index (χ1) is 9.20. The fourth-order valence-corrected chi connectivity index (χ4v) is 2.18. The minimum atomic E-state index is -0.0764. The first kappa shape index (κ1) is 13.6. The minimum Gasteiger partial charge on any atom is -0.353 e. The first-order valence-corrected chi connectivity index (χ1v) is 6.50. The van der Waals surface area contributed by atoms with E-state index in [9.17, 15) is 4.79 Å². The van der Waals surface area contributed by atoms with Crippen LogP contribution in [0.25, 0.3) is 0 Å². The second kappa shape index (κ2) is 6.37. The van der Waals surface area contributed by atoms with Crippen LogP contribution in [0.15, 0.2) is 24.3 Å². The van der Waals surface area contributed by atoms with Crippen molar-refractivity contribution in [3.8, 4) is 11.8 Å². The number of hydrogen-bond acceptors (Lipinski definition) is 3. The topological polar surface area (TPSA) is 58.4 Å². The second-order valence-electron chi connectivity index (χ2n) is 4.64. The van der Waals surface area contributed by atoms with Crippen LogP contribution in [-0.2, 0) is 11.3 Å². The van der Waals surface area contributed by atoms with Crippen LogP contribution in [0, 0.1) is 11.8 Å². The highest BCUT2D eigenvalue weighted by Gasteiger charge is 2.24. The number of amides is 1. The monoisotopic (exact) mass is 257 g/mol. The number of nitrogens with two attached hydrogens (primary N) is 1. The zero-order chi connectivity index (χ0) is 13.7. The summed E-state index contributed by atoms with van der Waals surface area (Å²) in [6, 6.07) is 8.00. The second-order valence-corrected chi connectivity index (χ2v) is 4.64. The Morgan fingerprint density at radius 3 is 3.16 bits per heavy atom. The van der Waals surface area contributed by atoms with Crippen molar-refractivity contribution in [1.29, 1.82) is 0 Å². The zero-order valence-corrected chi connectivity index (χ0v) is 11.1. The average molecular weight is 257 g/mol. The summed E-state index contributed by atoms with van der Waals surface area (Å²) in [5.41, 5.74) is 7.51. The van der Waals surface area contributed by atoms with Crippen LogP contribution in [0.4, 0.5) is 0 Å². The van der Waals surface area contributed by atoms with Gasteiger partial charge in [0.05, 0.1) is 12.6 Å². The van der Waals surface area contributed by atoms with Crippen molar-refractivity contribution >= 4 is 5.91 Å². The molecule has 1 fully saturated rings. The van der Waals surface area contributed by atoms with E-state index >= 15 is 0 Å². The summed E-state index contributed by atoms with van der Waals surface area (Å²) < 4.78 is 0. The van der Waals surface area contributed by atoms with Crippen molar-refractivity contribution < 1.29 is 4.79 Å². The molecule has 4 nitrogen and oxygen atoms in total. The maximum Gasteiger partial charge on any atom is 0.237 e. The Balaban J connectivity index is 2.08. The van der Waals surface area contributed by atoms with Gasteiger partial charge in [-0.25, -0.2) is 0 Å². The fourth-order valence-electron chi connectivity index (χ4n) is 2.18. The Labute approximate surface area is 114 Å². The maximum atomic E-state index is 11.6. The molecule has 0 radical (unpaired) electrons. The highest BCUT2D eigenvalue weighted by molar-refractivity contribution is 5.81. The molecule has 100 valence electrons. The molecule has 0 aromatic heterocycles. The van der Waals surface area contributed by atoms with Crippen molar-refractivity contribution in [3.05, 3.63) is 35.4 Å². The molecule has 19 heavy (non-hydrogen) atoms. The number of carbonyl (C=O) groups is 1. The molecule has 1 amide bonds. The molecule has 1 aliphatic heterocycles. The van der Waals surface area contributed by atoms with Crippen molar-refractivity contribution in [3.63, 3.8) is 0 Å². The standard InChI is InChI=1S/C15H19N3O/c1-12-15(19)17-8-9-18(12)11-14-5-2-4-13(10-14)6-3-7-16/h2,4-5,10,12H,7-9,11,16H2,1H3,(H,17,19). The van der Waals surface area contributed by atoms with E-state index in [1.807, 2.05) is 19.1 Å². The molecule has 0 bridgehead atoms. The van der Waals surface area contributed by atoms with Gasteiger partial charge < -0.3 is 11.1 Å². The van der Waals surface area contributed by atoms with Crippen LogP contribution in [0.3, 0.4) is 0 Å². The van der Waals surface area contributed by atoms with Crippen LogP contribution in [-0.4, -0.2) is 36.5 Å². The van der Waals surface area contributed by atoms with Gasteiger partial charge in [0.1, 0.15) is 0 Å². The van der Waals surface area contributed by atoms with E-state index < -0.39 is 0 Å². The molecule has 0 aliphatic carbocycles. The van der Waals surface area contributed by atoms with E-state index in [0.717, 1.165) is 25.2 Å². The molecule has 4 heteroatoms. The molecule has 1 aromatic carbocycles. The lowest BCUT2D eigenvalue weighted by molar-refractivity contribution is -0.128. The predicted octanol–water partition coefficient (Wildman–Crippen LogP) is 0.317. The smallest absolute Gasteiger partial charge is 0.237 e. The summed E-state index contributed by atoms with van der Waals surface area (Å²) in [7, 11) is 0. The maximum absolute atomic E-state index is 11.6. The van der Waals surface area contributed by atoms with Gasteiger partial charge in [-0.2, -0.15) is 0 Å². The predicted molar refractivity (Wildman–Crippen MR) is 75.3 cm³/mol. The van der Waals surface area contributed by atoms with Gasteiger partial charge in [0.25, 0.3) is 0 Å². The lowest BCUT2D eigenvalue weighted by atomic mass is 10.1. The Hall–Kier alpha value is -1.83. The first-order valence-electron chi connectivity index (χ1n) is 6.50. The van der Waals surface area contributed by atoms with Crippen molar-refractivity contribution in [2.24, 2.45) is 5.73 Å². The SMILES string of the molecule is CC1C(=O)NCCN1Cc1cccc(C#CCN)c1. The van der Waals surface area contributed by atoms with Crippen molar-refractivity contribution in [2.75, 3.05) is 19.6 Å². The van der Waals surface area contributed by atoms with E-state index in [4.69, 9.17) is 5.73 Å². The van der Waals surface area contributed by atoms with Gasteiger partial charge in [0, 0.05) is 25.2 Å². The van der Waals surface area contributed by atoms with Gasteiger partial charge in [-0.3, -0.25) is 9.69 Å². The molecule has 1 atom stereocenters. The van der Waals surface area contributed by atoms with Crippen molar-refractivity contribution in [2.45, 2.75) is 19.5 Å². The summed E-state index contributed by atoms with van der Waals surface area (Å²) in [5.74, 6) is 5.98. The van der Waals surface area contributed by atoms with Gasteiger partial charge in [0.2, 0.25) is 5.91 Å². The molecule has 1 aromatic rings. The molecule has 1 unspecified atom stereocenters. The van der Waals surface area contributed by atoms with Crippen LogP contribution < -0.4 is 11.1 Å². The van der Waals surface area contributed by atoms with Crippen LogP contribution in [0.1, 0.15) is 18.1 Å². The normalized spacial score (nSPS) is 19.5. The number of rotatable bonds is 2. The molecule has 1 aliphatic rings. The third-order valence-electron chi connectivity index (χ3n) is 3.27. The number of hydrogen-bond donors (Lipinski definition) is 2. The Morgan fingerprint density at radius 1 is 1.53 bits per heavy atom.